The minimum absolute atomic E-state index is 0.0884. The lowest BCUT2D eigenvalue weighted by molar-refractivity contribution is -0.159. The first kappa shape index (κ1) is 24.0. The zero-order valence-corrected chi connectivity index (χ0v) is 18.1. The third kappa shape index (κ3) is 5.14. The van der Waals surface area contributed by atoms with Gasteiger partial charge in [-0.3, -0.25) is 4.79 Å². The Morgan fingerprint density at radius 3 is 2.56 bits per heavy atom. The number of hydrogen-bond acceptors (Lipinski definition) is 7. The molecular weight excluding hydrogens is 459 g/mol. The summed E-state index contributed by atoms with van der Waals surface area (Å²) >= 11 is 0. The Bertz CT molecular complexity index is 1010. The molecule has 2 aliphatic heterocycles. The number of nitrogens with zero attached hydrogens (tertiary/aromatic N) is 4. The minimum Gasteiger partial charge on any atom is -0.394 e. The van der Waals surface area contributed by atoms with Crippen molar-refractivity contribution in [1.82, 2.24) is 25.3 Å². The van der Waals surface area contributed by atoms with Crippen molar-refractivity contribution < 1.29 is 37.1 Å². The highest BCUT2D eigenvalue weighted by atomic mass is 19.4. The maximum absolute atomic E-state index is 13.0. The van der Waals surface area contributed by atoms with Crippen molar-refractivity contribution >= 4 is 11.9 Å². The third-order valence-corrected chi connectivity index (χ3v) is 5.88. The van der Waals surface area contributed by atoms with Gasteiger partial charge in [-0.1, -0.05) is 17.3 Å². The maximum Gasteiger partial charge on any atom is 0.471 e. The summed E-state index contributed by atoms with van der Waals surface area (Å²) in [6.07, 6.45) is -3.15. The van der Waals surface area contributed by atoms with Gasteiger partial charge in [-0.25, -0.2) is 4.79 Å². The van der Waals surface area contributed by atoms with Crippen LogP contribution in [0.3, 0.4) is 0 Å². The molecule has 1 aromatic heterocycles. The maximum atomic E-state index is 13.0. The second-order valence-corrected chi connectivity index (χ2v) is 8.08. The molecule has 0 bridgehead atoms. The number of hydrogen-bond donors (Lipinski definition) is 2. The summed E-state index contributed by atoms with van der Waals surface area (Å²) < 4.78 is 47.6. The van der Waals surface area contributed by atoms with Crippen LogP contribution in [0.15, 0.2) is 28.8 Å². The molecule has 2 N–H and O–H groups in total. The summed E-state index contributed by atoms with van der Waals surface area (Å²) in [5, 5.41) is 15.6. The monoisotopic (exact) mass is 483 g/mol. The number of rotatable bonds is 5. The number of benzene rings is 1. The predicted molar refractivity (Wildman–Crippen MR) is 111 cm³/mol. The van der Waals surface area contributed by atoms with Gasteiger partial charge in [0.2, 0.25) is 5.82 Å². The van der Waals surface area contributed by atoms with Crippen LogP contribution in [0, 0.1) is 0 Å². The van der Waals surface area contributed by atoms with Gasteiger partial charge in [0.25, 0.3) is 5.91 Å². The van der Waals surface area contributed by atoms with Crippen LogP contribution in [-0.2, 0) is 10.9 Å². The minimum atomic E-state index is -4.74. The van der Waals surface area contributed by atoms with Crippen LogP contribution in [0.4, 0.5) is 18.0 Å². The zero-order valence-electron chi connectivity index (χ0n) is 18.1. The van der Waals surface area contributed by atoms with Gasteiger partial charge in [0.15, 0.2) is 0 Å². The first-order valence-electron chi connectivity index (χ1n) is 10.8. The highest BCUT2D eigenvalue weighted by Gasteiger charge is 2.39. The molecular formula is C21H24F3N5O5. The van der Waals surface area contributed by atoms with Crippen LogP contribution < -0.4 is 5.32 Å². The second-order valence-electron chi connectivity index (χ2n) is 8.08. The number of alkyl halides is 3. The van der Waals surface area contributed by atoms with Gasteiger partial charge in [-0.2, -0.15) is 18.2 Å². The molecule has 3 amide bonds. The number of amides is 3. The summed E-state index contributed by atoms with van der Waals surface area (Å²) in [4.78, 5) is 32.3. The second kappa shape index (κ2) is 9.97. The molecule has 2 saturated heterocycles. The number of likely N-dealkylation sites (tertiary alicyclic amines) is 1. The molecule has 2 fully saturated rings. The van der Waals surface area contributed by atoms with Crippen LogP contribution in [0.2, 0.25) is 0 Å². The molecule has 1 unspecified atom stereocenters. The van der Waals surface area contributed by atoms with Crippen molar-refractivity contribution in [2.75, 3.05) is 39.5 Å². The standard InChI is InChI=1S/C21H24F3N5O5/c22-21(23,24)19-26-17(27-34-19)13-3-5-14(6-4-13)18(31)25-10-16-12-33-9-8-29(16)20(32)28-7-1-2-15(28)11-30/h3-6,15-16,30H,1-2,7-12H2,(H,25,31)/t15?,16-/m0/s1. The summed E-state index contributed by atoms with van der Waals surface area (Å²) in [5.41, 5.74) is 0.537. The molecule has 184 valence electrons. The SMILES string of the molecule is O=C(NC[C@H]1COCCN1C(=O)N1CCCC1CO)c1ccc(-c2noc(C(F)(F)F)n2)cc1. The van der Waals surface area contributed by atoms with Crippen LogP contribution in [0.1, 0.15) is 29.1 Å². The molecule has 13 heteroatoms. The van der Waals surface area contributed by atoms with Gasteiger partial charge in [-0.15, -0.1) is 0 Å². The number of morpholine rings is 1. The molecule has 2 aliphatic rings. The lowest BCUT2D eigenvalue weighted by Crippen LogP contribution is -2.58. The van der Waals surface area contributed by atoms with E-state index in [-0.39, 0.29) is 54.8 Å². The van der Waals surface area contributed by atoms with Gasteiger partial charge in [-0.05, 0) is 25.0 Å². The fourth-order valence-electron chi connectivity index (χ4n) is 4.06. The number of nitrogens with one attached hydrogen (secondary N) is 1. The van der Waals surface area contributed by atoms with E-state index in [4.69, 9.17) is 4.74 Å². The molecule has 10 nitrogen and oxygen atoms in total. The molecule has 1 aromatic carbocycles. The van der Waals surface area contributed by atoms with Gasteiger partial charge in [0, 0.05) is 30.8 Å². The Morgan fingerprint density at radius 1 is 1.15 bits per heavy atom. The zero-order chi connectivity index (χ0) is 24.3. The highest BCUT2D eigenvalue weighted by Crippen LogP contribution is 2.29. The van der Waals surface area contributed by atoms with E-state index >= 15 is 0 Å². The van der Waals surface area contributed by atoms with Crippen molar-refractivity contribution in [3.63, 3.8) is 0 Å². The molecule has 0 aliphatic carbocycles. The molecule has 2 aromatic rings. The molecule has 0 spiro atoms. The van der Waals surface area contributed by atoms with E-state index in [1.54, 1.807) is 9.80 Å². The summed E-state index contributed by atoms with van der Waals surface area (Å²) in [6.45, 7) is 1.69. The van der Waals surface area contributed by atoms with Crippen molar-refractivity contribution in [2.24, 2.45) is 0 Å². The number of aliphatic hydroxyl groups excluding tert-OH is 1. The number of halogens is 3. The van der Waals surface area contributed by atoms with E-state index in [0.29, 0.717) is 19.7 Å². The molecule has 2 atom stereocenters. The van der Waals surface area contributed by atoms with Gasteiger partial charge >= 0.3 is 18.1 Å². The lowest BCUT2D eigenvalue weighted by Gasteiger charge is -2.39. The molecule has 34 heavy (non-hydrogen) atoms. The molecule has 0 saturated carbocycles. The number of aliphatic hydroxyl groups is 1. The van der Waals surface area contributed by atoms with Gasteiger partial charge in [0.1, 0.15) is 0 Å². The number of aromatic nitrogens is 2. The van der Waals surface area contributed by atoms with E-state index in [0.717, 1.165) is 12.8 Å². The molecule has 3 heterocycles. The Hall–Kier alpha value is -3.19. The van der Waals surface area contributed by atoms with E-state index in [9.17, 15) is 27.9 Å². The lowest BCUT2D eigenvalue weighted by atomic mass is 10.1. The average molecular weight is 483 g/mol. The Labute approximate surface area is 192 Å². The van der Waals surface area contributed by atoms with E-state index < -0.39 is 18.0 Å². The number of carbonyl (C=O) groups excluding carboxylic acids is 2. The van der Waals surface area contributed by atoms with E-state index in [1.165, 1.54) is 24.3 Å². The quantitative estimate of drug-likeness (QED) is 0.665. The Morgan fingerprint density at radius 2 is 1.88 bits per heavy atom. The number of ether oxygens (including phenoxy) is 1. The fourth-order valence-corrected chi connectivity index (χ4v) is 4.06. The van der Waals surface area contributed by atoms with Crippen LogP contribution in [-0.4, -0.2) is 88.5 Å². The van der Waals surface area contributed by atoms with Gasteiger partial charge in [0.05, 0.1) is 31.9 Å². The average Bonchev–Trinajstić information content (AvgIpc) is 3.52. The highest BCUT2D eigenvalue weighted by molar-refractivity contribution is 5.94. The fraction of sp³-hybridized carbons (Fsp3) is 0.524. The van der Waals surface area contributed by atoms with Crippen molar-refractivity contribution in [3.8, 4) is 11.4 Å². The normalized spacial score (nSPS) is 21.1. The van der Waals surface area contributed by atoms with Crippen LogP contribution >= 0.6 is 0 Å². The van der Waals surface area contributed by atoms with Crippen molar-refractivity contribution in [1.29, 1.82) is 0 Å². The molecule has 0 radical (unpaired) electrons. The van der Waals surface area contributed by atoms with E-state index in [1.807, 2.05) is 0 Å². The van der Waals surface area contributed by atoms with Crippen LogP contribution in [0.5, 0.6) is 0 Å². The Kier molecular flexibility index (Phi) is 7.03. The Balaban J connectivity index is 1.36. The summed E-state index contributed by atoms with van der Waals surface area (Å²) in [7, 11) is 0. The smallest absolute Gasteiger partial charge is 0.394 e. The predicted octanol–water partition coefficient (Wildman–Crippen LogP) is 1.76. The molecule has 4 rings (SSSR count). The number of urea groups is 1. The largest absolute Gasteiger partial charge is 0.471 e. The van der Waals surface area contributed by atoms with Crippen molar-refractivity contribution in [3.05, 3.63) is 35.7 Å². The van der Waals surface area contributed by atoms with Crippen molar-refractivity contribution in [2.45, 2.75) is 31.1 Å². The van der Waals surface area contributed by atoms with Gasteiger partial charge < -0.3 is 29.5 Å². The first-order chi connectivity index (χ1) is 16.3. The topological polar surface area (TPSA) is 121 Å². The third-order valence-electron chi connectivity index (χ3n) is 5.88. The first-order valence-corrected chi connectivity index (χ1v) is 10.8. The van der Waals surface area contributed by atoms with E-state index in [2.05, 4.69) is 20.0 Å². The number of carbonyl (C=O) groups is 2. The summed E-state index contributed by atoms with van der Waals surface area (Å²) in [6, 6.07) is 4.96. The summed E-state index contributed by atoms with van der Waals surface area (Å²) in [5.74, 6) is -2.10. The van der Waals surface area contributed by atoms with Crippen LogP contribution in [0.25, 0.3) is 11.4 Å².